The highest BCUT2D eigenvalue weighted by atomic mass is 14.7. The van der Waals surface area contributed by atoms with Crippen molar-refractivity contribution >= 4 is 17.0 Å². The largest absolute Gasteiger partial charge is 0.248 e. The van der Waals surface area contributed by atoms with Crippen LogP contribution >= 0.6 is 0 Å². The van der Waals surface area contributed by atoms with Gasteiger partial charge in [0.1, 0.15) is 0 Å². The van der Waals surface area contributed by atoms with Gasteiger partial charge in [0, 0.05) is 11.3 Å². The summed E-state index contributed by atoms with van der Waals surface area (Å²) < 4.78 is 0. The second-order valence-electron chi connectivity index (χ2n) is 6.77. The van der Waals surface area contributed by atoms with E-state index in [1.54, 1.807) is 0 Å². The molecule has 0 saturated carbocycles. The molecule has 2 aromatic carbocycles. The summed E-state index contributed by atoms with van der Waals surface area (Å²) in [6.45, 7) is 4.62. The summed E-state index contributed by atoms with van der Waals surface area (Å²) in [5.74, 6) is 0.366. The highest BCUT2D eigenvalue weighted by Crippen LogP contribution is 2.51. The van der Waals surface area contributed by atoms with E-state index in [2.05, 4.69) is 86.7 Å². The molecule has 1 atom stereocenters. The minimum absolute atomic E-state index is 0.165. The van der Waals surface area contributed by atoms with Gasteiger partial charge in [-0.2, -0.15) is 0 Å². The molecular formula is C23H23N. The van der Waals surface area contributed by atoms with E-state index in [1.165, 1.54) is 16.5 Å². The fourth-order valence-electron chi connectivity index (χ4n) is 4.21. The first-order valence-electron chi connectivity index (χ1n) is 8.91. The monoisotopic (exact) mass is 313 g/mol. The molecule has 0 amide bonds. The van der Waals surface area contributed by atoms with E-state index in [0.29, 0.717) is 5.92 Å². The molecule has 0 aliphatic heterocycles. The van der Waals surface area contributed by atoms with Gasteiger partial charge in [0.2, 0.25) is 0 Å². The van der Waals surface area contributed by atoms with Crippen LogP contribution in [-0.4, -0.2) is 4.98 Å². The summed E-state index contributed by atoms with van der Waals surface area (Å²) in [6.07, 6.45) is 6.92. The maximum Gasteiger partial charge on any atom is 0.0709 e. The summed E-state index contributed by atoms with van der Waals surface area (Å²) in [4.78, 5) is 4.94. The Balaban J connectivity index is 2.00. The molecular weight excluding hydrogens is 290 g/mol. The summed E-state index contributed by atoms with van der Waals surface area (Å²) in [5, 5.41) is 1.23. The van der Waals surface area contributed by atoms with Crippen LogP contribution in [-0.2, 0) is 0 Å². The number of rotatable bonds is 3. The molecule has 24 heavy (non-hydrogen) atoms. The molecule has 1 aliphatic carbocycles. The molecule has 1 nitrogen and oxygen atoms in total. The Morgan fingerprint density at radius 2 is 1.62 bits per heavy atom. The van der Waals surface area contributed by atoms with Gasteiger partial charge in [0.15, 0.2) is 0 Å². The summed E-state index contributed by atoms with van der Waals surface area (Å²) in [5.41, 5.74) is 5.13. The predicted molar refractivity (Wildman–Crippen MR) is 102 cm³/mol. The zero-order valence-electron chi connectivity index (χ0n) is 14.4. The lowest BCUT2D eigenvalue weighted by Gasteiger charge is -2.41. The third-order valence-corrected chi connectivity index (χ3v) is 5.69. The van der Waals surface area contributed by atoms with Crippen molar-refractivity contribution in [1.82, 2.24) is 4.98 Å². The Hall–Kier alpha value is -2.41. The SMILES string of the molecule is CCC1(CC)C=Cc2nc3ccccc3cc2C1c1ccccc1. The van der Waals surface area contributed by atoms with Crippen molar-refractivity contribution in [3.05, 3.63) is 83.6 Å². The minimum Gasteiger partial charge on any atom is -0.248 e. The van der Waals surface area contributed by atoms with Crippen molar-refractivity contribution in [2.75, 3.05) is 0 Å². The number of allylic oxidation sites excluding steroid dienone is 1. The molecule has 0 spiro atoms. The second-order valence-corrected chi connectivity index (χ2v) is 6.77. The van der Waals surface area contributed by atoms with Crippen molar-refractivity contribution in [1.29, 1.82) is 0 Å². The van der Waals surface area contributed by atoms with E-state index < -0.39 is 0 Å². The van der Waals surface area contributed by atoms with E-state index in [4.69, 9.17) is 4.98 Å². The van der Waals surface area contributed by atoms with Gasteiger partial charge < -0.3 is 0 Å². The first kappa shape index (κ1) is 15.1. The lowest BCUT2D eigenvalue weighted by Crippen LogP contribution is -2.29. The zero-order valence-corrected chi connectivity index (χ0v) is 14.4. The van der Waals surface area contributed by atoms with Gasteiger partial charge in [-0.25, -0.2) is 4.98 Å². The van der Waals surface area contributed by atoms with Crippen molar-refractivity contribution in [3.8, 4) is 0 Å². The van der Waals surface area contributed by atoms with Crippen LogP contribution in [0.4, 0.5) is 0 Å². The van der Waals surface area contributed by atoms with Crippen LogP contribution in [0.2, 0.25) is 0 Å². The fraction of sp³-hybridized carbons (Fsp3) is 0.261. The molecule has 1 unspecified atom stereocenters. The topological polar surface area (TPSA) is 12.9 Å². The smallest absolute Gasteiger partial charge is 0.0709 e. The molecule has 1 heteroatoms. The van der Waals surface area contributed by atoms with E-state index in [1.807, 2.05) is 0 Å². The molecule has 4 rings (SSSR count). The normalized spacial score (nSPS) is 18.5. The Morgan fingerprint density at radius 1 is 0.917 bits per heavy atom. The molecule has 1 aliphatic rings. The predicted octanol–water partition coefficient (Wildman–Crippen LogP) is 6.20. The van der Waals surface area contributed by atoms with E-state index in [0.717, 1.165) is 24.1 Å². The highest BCUT2D eigenvalue weighted by Gasteiger charge is 2.39. The van der Waals surface area contributed by atoms with Crippen LogP contribution in [0.15, 0.2) is 66.7 Å². The Bertz CT molecular complexity index is 888. The van der Waals surface area contributed by atoms with E-state index in [9.17, 15) is 0 Å². The van der Waals surface area contributed by atoms with Crippen molar-refractivity contribution in [2.24, 2.45) is 5.41 Å². The maximum absolute atomic E-state index is 4.94. The van der Waals surface area contributed by atoms with Gasteiger partial charge in [0.25, 0.3) is 0 Å². The standard InChI is InChI=1S/C23H23N/c1-3-23(4-2)15-14-21-19(22(23)17-10-6-5-7-11-17)16-18-12-8-9-13-20(18)24-21/h5-16,22H,3-4H2,1-2H3. The van der Waals surface area contributed by atoms with Gasteiger partial charge >= 0.3 is 0 Å². The van der Waals surface area contributed by atoms with Gasteiger partial charge in [0.05, 0.1) is 11.2 Å². The third-order valence-electron chi connectivity index (χ3n) is 5.69. The average Bonchev–Trinajstić information content (AvgIpc) is 2.66. The van der Waals surface area contributed by atoms with Crippen LogP contribution in [0.25, 0.3) is 17.0 Å². The summed E-state index contributed by atoms with van der Waals surface area (Å²) >= 11 is 0. The van der Waals surface area contributed by atoms with Crippen molar-refractivity contribution in [3.63, 3.8) is 0 Å². The number of benzene rings is 2. The van der Waals surface area contributed by atoms with Crippen molar-refractivity contribution < 1.29 is 0 Å². The van der Waals surface area contributed by atoms with E-state index in [-0.39, 0.29) is 5.41 Å². The zero-order chi connectivity index (χ0) is 16.6. The van der Waals surface area contributed by atoms with Crippen LogP contribution in [0.1, 0.15) is 49.4 Å². The number of hydrogen-bond acceptors (Lipinski definition) is 1. The quantitative estimate of drug-likeness (QED) is 0.561. The third kappa shape index (κ3) is 2.27. The van der Waals surface area contributed by atoms with Gasteiger partial charge in [-0.05, 0) is 47.6 Å². The number of para-hydroxylation sites is 1. The Morgan fingerprint density at radius 3 is 2.38 bits per heavy atom. The lowest BCUT2D eigenvalue weighted by atomic mass is 9.63. The van der Waals surface area contributed by atoms with Gasteiger partial charge in [-0.1, -0.05) is 68.5 Å². The Kier molecular flexibility index (Phi) is 3.72. The highest BCUT2D eigenvalue weighted by molar-refractivity contribution is 5.82. The lowest BCUT2D eigenvalue weighted by molar-refractivity contribution is 0.305. The number of pyridine rings is 1. The number of fused-ring (bicyclic) bond motifs is 2. The first-order valence-corrected chi connectivity index (χ1v) is 8.91. The molecule has 0 N–H and O–H groups in total. The van der Waals surface area contributed by atoms with Crippen molar-refractivity contribution in [2.45, 2.75) is 32.6 Å². The molecule has 1 heterocycles. The maximum atomic E-state index is 4.94. The second kappa shape index (κ2) is 5.90. The number of hydrogen-bond donors (Lipinski definition) is 0. The van der Waals surface area contributed by atoms with Gasteiger partial charge in [-0.3, -0.25) is 0 Å². The average molecular weight is 313 g/mol. The van der Waals surface area contributed by atoms with Crippen LogP contribution in [0, 0.1) is 5.41 Å². The molecule has 0 bridgehead atoms. The fourth-order valence-corrected chi connectivity index (χ4v) is 4.21. The molecule has 0 saturated heterocycles. The summed E-state index contributed by atoms with van der Waals surface area (Å²) in [7, 11) is 0. The molecule has 0 fully saturated rings. The number of aromatic nitrogens is 1. The molecule has 120 valence electrons. The van der Waals surface area contributed by atoms with Gasteiger partial charge in [-0.15, -0.1) is 0 Å². The molecule has 3 aromatic rings. The molecule has 1 aromatic heterocycles. The van der Waals surface area contributed by atoms with E-state index >= 15 is 0 Å². The summed E-state index contributed by atoms with van der Waals surface area (Å²) in [6, 6.07) is 21.7. The number of nitrogens with zero attached hydrogens (tertiary/aromatic N) is 1. The molecule has 0 radical (unpaired) electrons. The van der Waals surface area contributed by atoms with Crippen LogP contribution in [0.3, 0.4) is 0 Å². The van der Waals surface area contributed by atoms with Crippen LogP contribution < -0.4 is 0 Å². The van der Waals surface area contributed by atoms with Crippen LogP contribution in [0.5, 0.6) is 0 Å². The first-order chi connectivity index (χ1) is 11.8. The minimum atomic E-state index is 0.165. The Labute approximate surface area is 144 Å².